The summed E-state index contributed by atoms with van der Waals surface area (Å²) in [6, 6.07) is 19.9. The van der Waals surface area contributed by atoms with Crippen molar-refractivity contribution in [1.29, 1.82) is 0 Å². The quantitative estimate of drug-likeness (QED) is 0.416. The first kappa shape index (κ1) is 22.2. The zero-order valence-corrected chi connectivity index (χ0v) is 19.1. The lowest BCUT2D eigenvalue weighted by atomic mass is 10.1. The molecule has 1 aliphatic rings. The van der Waals surface area contributed by atoms with Gasteiger partial charge in [0.05, 0.1) is 5.75 Å². The Morgan fingerprint density at radius 2 is 1.72 bits per heavy atom. The maximum absolute atomic E-state index is 12.4. The van der Waals surface area contributed by atoms with Crippen molar-refractivity contribution in [2.45, 2.75) is 31.3 Å². The van der Waals surface area contributed by atoms with Gasteiger partial charge in [-0.2, -0.15) is 5.10 Å². The number of carbonyl (C=O) groups excluding carboxylic acids is 1. The van der Waals surface area contributed by atoms with Crippen molar-refractivity contribution in [2.75, 3.05) is 25.4 Å². The smallest absolute Gasteiger partial charge is 0.250 e. The molecule has 0 unspecified atom stereocenters. The van der Waals surface area contributed by atoms with E-state index in [1.807, 2.05) is 65.2 Å². The van der Waals surface area contributed by atoms with Crippen LogP contribution in [0.2, 0.25) is 0 Å². The molecule has 0 saturated carbocycles. The molecule has 166 valence electrons. The minimum absolute atomic E-state index is 0.137. The Morgan fingerprint density at radius 1 is 1.03 bits per heavy atom. The summed E-state index contributed by atoms with van der Waals surface area (Å²) in [5.41, 5.74) is 5.71. The summed E-state index contributed by atoms with van der Waals surface area (Å²) in [5, 5.41) is 13.8. The highest BCUT2D eigenvalue weighted by Crippen LogP contribution is 2.27. The first-order valence-corrected chi connectivity index (χ1v) is 12.0. The standard InChI is InChI=1S/C24H28N6OS/c1-2-15-29-16-13-20(14-17-29)25-26-22(31)18-32-24-28-27-23(19-9-5-3-6-10-19)30(24)21-11-7-4-8-12-21/h3-12H,2,13-18H2,1H3,(H,26,31). The molecule has 1 aromatic heterocycles. The van der Waals surface area contributed by atoms with Gasteiger partial charge in [0, 0.05) is 42.9 Å². The molecule has 0 bridgehead atoms. The molecule has 1 N–H and O–H groups in total. The summed E-state index contributed by atoms with van der Waals surface area (Å²) < 4.78 is 1.99. The topological polar surface area (TPSA) is 75.4 Å². The number of aromatic nitrogens is 3. The second-order valence-corrected chi connectivity index (χ2v) is 8.63. The van der Waals surface area contributed by atoms with Gasteiger partial charge in [-0.15, -0.1) is 10.2 Å². The summed E-state index contributed by atoms with van der Waals surface area (Å²) in [5.74, 6) is 0.833. The van der Waals surface area contributed by atoms with Gasteiger partial charge in [-0.05, 0) is 25.1 Å². The average molecular weight is 449 g/mol. The van der Waals surface area contributed by atoms with Crippen molar-refractivity contribution in [3.05, 3.63) is 60.7 Å². The van der Waals surface area contributed by atoms with Gasteiger partial charge in [0.1, 0.15) is 0 Å². The normalized spacial score (nSPS) is 14.3. The van der Waals surface area contributed by atoms with Crippen LogP contribution in [-0.2, 0) is 4.79 Å². The second kappa shape index (κ2) is 11.1. The Morgan fingerprint density at radius 3 is 2.41 bits per heavy atom. The maximum Gasteiger partial charge on any atom is 0.250 e. The number of rotatable bonds is 8. The number of para-hydroxylation sites is 1. The van der Waals surface area contributed by atoms with E-state index < -0.39 is 0 Å². The van der Waals surface area contributed by atoms with Gasteiger partial charge in [-0.25, -0.2) is 5.43 Å². The molecule has 1 amide bonds. The highest BCUT2D eigenvalue weighted by molar-refractivity contribution is 7.99. The average Bonchev–Trinajstić information content (AvgIpc) is 3.27. The van der Waals surface area contributed by atoms with Crippen molar-refractivity contribution in [3.63, 3.8) is 0 Å². The molecular formula is C24H28N6OS. The predicted molar refractivity (Wildman–Crippen MR) is 129 cm³/mol. The largest absolute Gasteiger partial charge is 0.303 e. The molecule has 1 aliphatic heterocycles. The Balaban J connectivity index is 1.42. The van der Waals surface area contributed by atoms with Gasteiger partial charge in [0.25, 0.3) is 5.91 Å². The van der Waals surface area contributed by atoms with E-state index in [0.29, 0.717) is 5.16 Å². The van der Waals surface area contributed by atoms with Crippen LogP contribution in [0.3, 0.4) is 0 Å². The van der Waals surface area contributed by atoms with Crippen molar-refractivity contribution < 1.29 is 4.79 Å². The van der Waals surface area contributed by atoms with E-state index in [0.717, 1.165) is 55.3 Å². The van der Waals surface area contributed by atoms with Crippen LogP contribution in [0.1, 0.15) is 26.2 Å². The van der Waals surface area contributed by atoms with Gasteiger partial charge in [-0.1, -0.05) is 67.2 Å². The van der Waals surface area contributed by atoms with Crippen molar-refractivity contribution in [2.24, 2.45) is 5.10 Å². The highest BCUT2D eigenvalue weighted by atomic mass is 32.2. The van der Waals surface area contributed by atoms with Crippen LogP contribution in [0.5, 0.6) is 0 Å². The van der Waals surface area contributed by atoms with E-state index in [1.54, 1.807) is 0 Å². The number of piperidine rings is 1. The van der Waals surface area contributed by atoms with Gasteiger partial charge in [-0.3, -0.25) is 9.36 Å². The number of nitrogens with one attached hydrogen (secondary N) is 1. The number of hydrogen-bond donors (Lipinski definition) is 1. The van der Waals surface area contributed by atoms with Crippen LogP contribution >= 0.6 is 11.8 Å². The number of hydrazone groups is 1. The molecule has 0 radical (unpaired) electrons. The van der Waals surface area contributed by atoms with E-state index in [4.69, 9.17) is 0 Å². The fourth-order valence-corrected chi connectivity index (χ4v) is 4.46. The van der Waals surface area contributed by atoms with Gasteiger partial charge in [0.2, 0.25) is 0 Å². The van der Waals surface area contributed by atoms with E-state index in [2.05, 4.69) is 32.5 Å². The third kappa shape index (κ3) is 5.63. The fraction of sp³-hybridized carbons (Fsp3) is 0.333. The monoisotopic (exact) mass is 448 g/mol. The predicted octanol–water partition coefficient (Wildman–Crippen LogP) is 4.00. The molecule has 0 aliphatic carbocycles. The van der Waals surface area contributed by atoms with Gasteiger partial charge < -0.3 is 4.90 Å². The van der Waals surface area contributed by atoms with Crippen LogP contribution in [0.4, 0.5) is 0 Å². The van der Waals surface area contributed by atoms with Crippen LogP contribution in [0, 0.1) is 0 Å². The van der Waals surface area contributed by atoms with Crippen molar-refractivity contribution in [3.8, 4) is 17.1 Å². The van der Waals surface area contributed by atoms with Gasteiger partial charge >= 0.3 is 0 Å². The van der Waals surface area contributed by atoms with Crippen LogP contribution in [0.15, 0.2) is 70.9 Å². The number of likely N-dealkylation sites (tertiary alicyclic amines) is 1. The Labute approximate surface area is 192 Å². The second-order valence-electron chi connectivity index (χ2n) is 7.69. The number of nitrogens with zero attached hydrogens (tertiary/aromatic N) is 5. The molecule has 2 heterocycles. The van der Waals surface area contributed by atoms with Gasteiger partial charge in [0.15, 0.2) is 11.0 Å². The zero-order chi connectivity index (χ0) is 22.2. The maximum atomic E-state index is 12.4. The molecule has 0 spiro atoms. The van der Waals surface area contributed by atoms with Crippen molar-refractivity contribution in [1.82, 2.24) is 25.1 Å². The van der Waals surface area contributed by atoms with E-state index in [9.17, 15) is 4.79 Å². The lowest BCUT2D eigenvalue weighted by Crippen LogP contribution is -2.35. The Bertz CT molecular complexity index is 1040. The molecule has 2 aromatic carbocycles. The lowest BCUT2D eigenvalue weighted by molar-refractivity contribution is -0.118. The minimum Gasteiger partial charge on any atom is -0.303 e. The van der Waals surface area contributed by atoms with E-state index in [-0.39, 0.29) is 11.7 Å². The number of amides is 1. The number of hydrogen-bond acceptors (Lipinski definition) is 6. The molecule has 1 saturated heterocycles. The Kier molecular flexibility index (Phi) is 7.68. The zero-order valence-electron chi connectivity index (χ0n) is 18.3. The molecule has 1 fully saturated rings. The summed E-state index contributed by atoms with van der Waals surface area (Å²) in [4.78, 5) is 14.9. The van der Waals surface area contributed by atoms with Crippen LogP contribution < -0.4 is 5.43 Å². The first-order valence-electron chi connectivity index (χ1n) is 11.0. The molecule has 0 atom stereocenters. The highest BCUT2D eigenvalue weighted by Gasteiger charge is 2.18. The first-order chi connectivity index (χ1) is 15.7. The van der Waals surface area contributed by atoms with Crippen LogP contribution in [-0.4, -0.2) is 56.7 Å². The number of thioether (sulfide) groups is 1. The third-order valence-electron chi connectivity index (χ3n) is 5.32. The van der Waals surface area contributed by atoms with Crippen molar-refractivity contribution >= 4 is 23.4 Å². The molecule has 4 rings (SSSR count). The molecule has 7 nitrogen and oxygen atoms in total. The molecular weight excluding hydrogens is 420 g/mol. The number of benzene rings is 2. The summed E-state index contributed by atoms with van der Waals surface area (Å²) in [6.45, 7) is 5.35. The number of carbonyl (C=O) groups is 1. The SMILES string of the molecule is CCCN1CCC(=NNC(=O)CSc2nnc(-c3ccccc3)n2-c2ccccc2)CC1. The van der Waals surface area contributed by atoms with E-state index >= 15 is 0 Å². The Hall–Kier alpha value is -2.97. The molecule has 32 heavy (non-hydrogen) atoms. The fourth-order valence-electron chi connectivity index (χ4n) is 3.71. The molecule has 8 heteroatoms. The van der Waals surface area contributed by atoms with E-state index in [1.165, 1.54) is 18.2 Å². The summed E-state index contributed by atoms with van der Waals surface area (Å²) in [6.07, 6.45) is 2.99. The third-order valence-corrected chi connectivity index (χ3v) is 6.25. The summed E-state index contributed by atoms with van der Waals surface area (Å²) in [7, 11) is 0. The minimum atomic E-state index is -0.137. The summed E-state index contributed by atoms with van der Waals surface area (Å²) >= 11 is 1.36. The van der Waals surface area contributed by atoms with Crippen LogP contribution in [0.25, 0.3) is 17.1 Å². The lowest BCUT2D eigenvalue weighted by Gasteiger charge is -2.26. The molecule has 3 aromatic rings.